The van der Waals surface area contributed by atoms with E-state index in [0.717, 1.165) is 11.8 Å². The van der Waals surface area contributed by atoms with Gasteiger partial charge in [-0.2, -0.15) is 0 Å². The molecule has 0 bridgehead atoms. The first kappa shape index (κ1) is 17.0. The molecule has 1 heteroatoms. The Kier molecular flexibility index (Phi) is 5.46. The van der Waals surface area contributed by atoms with Crippen LogP contribution in [0, 0.1) is 5.92 Å². The molecule has 0 N–H and O–H groups in total. The maximum Gasteiger partial charge on any atom is 0.000966 e. The van der Waals surface area contributed by atoms with E-state index in [9.17, 15) is 0 Å². The number of nitrogens with zero attached hydrogens (tertiary/aromatic N) is 1. The third kappa shape index (κ3) is 4.59. The molecule has 2 aliphatic rings. The highest BCUT2D eigenvalue weighted by molar-refractivity contribution is 5.29. The van der Waals surface area contributed by atoms with Crippen molar-refractivity contribution >= 4 is 0 Å². The van der Waals surface area contributed by atoms with Gasteiger partial charge in [-0.1, -0.05) is 64.3 Å². The second-order valence-electron chi connectivity index (χ2n) is 8.95. The van der Waals surface area contributed by atoms with Crippen LogP contribution in [0.5, 0.6) is 0 Å². The van der Waals surface area contributed by atoms with E-state index in [1.165, 1.54) is 70.1 Å². The summed E-state index contributed by atoms with van der Waals surface area (Å²) in [5.41, 5.74) is 3.29. The summed E-state index contributed by atoms with van der Waals surface area (Å²) in [5.74, 6) is 1.78. The van der Waals surface area contributed by atoms with Gasteiger partial charge in [0, 0.05) is 6.54 Å². The summed E-state index contributed by atoms with van der Waals surface area (Å²) >= 11 is 0. The molecule has 1 aromatic carbocycles. The first-order chi connectivity index (χ1) is 11.0. The van der Waals surface area contributed by atoms with Crippen molar-refractivity contribution < 1.29 is 0 Å². The molecule has 0 amide bonds. The van der Waals surface area contributed by atoms with Gasteiger partial charge in [0.05, 0.1) is 0 Å². The lowest BCUT2D eigenvalue weighted by Crippen LogP contribution is -2.37. The highest BCUT2D eigenvalue weighted by Gasteiger charge is 2.24. The molecule has 0 spiro atoms. The number of hydrogen-bond acceptors (Lipinski definition) is 1. The van der Waals surface area contributed by atoms with Gasteiger partial charge in [-0.15, -0.1) is 0 Å². The Balaban J connectivity index is 1.50. The molecule has 1 nitrogen and oxygen atoms in total. The van der Waals surface area contributed by atoms with Crippen LogP contribution in [0.15, 0.2) is 24.3 Å². The molecular weight excluding hydrogens is 278 g/mol. The number of likely N-dealkylation sites (tertiary alicyclic amines) is 1. The van der Waals surface area contributed by atoms with Gasteiger partial charge in [-0.25, -0.2) is 0 Å². The molecule has 2 fully saturated rings. The van der Waals surface area contributed by atoms with E-state index in [1.54, 1.807) is 5.56 Å². The van der Waals surface area contributed by atoms with Gasteiger partial charge < -0.3 is 4.90 Å². The van der Waals surface area contributed by atoms with Crippen molar-refractivity contribution in [1.82, 2.24) is 4.90 Å². The third-order valence-corrected chi connectivity index (χ3v) is 6.08. The van der Waals surface area contributed by atoms with E-state index < -0.39 is 0 Å². The first-order valence-corrected chi connectivity index (χ1v) is 9.85. The lowest BCUT2D eigenvalue weighted by atomic mass is 9.83. The van der Waals surface area contributed by atoms with Crippen molar-refractivity contribution in [3.63, 3.8) is 0 Å². The van der Waals surface area contributed by atoms with Crippen LogP contribution >= 0.6 is 0 Å². The standard InChI is InChI=1S/C22H35N/c1-22(2,3)21-11-9-19(10-12-21)20-13-15-23(16-14-20)17-18-7-5-4-6-8-18/h9-12,18,20H,4-8,13-17H2,1-3H3. The molecule has 1 aliphatic carbocycles. The average molecular weight is 314 g/mol. The molecule has 1 heterocycles. The summed E-state index contributed by atoms with van der Waals surface area (Å²) in [5, 5.41) is 0. The Labute approximate surface area is 143 Å². The van der Waals surface area contributed by atoms with Crippen LogP contribution in [0.3, 0.4) is 0 Å². The van der Waals surface area contributed by atoms with Crippen molar-refractivity contribution in [2.45, 2.75) is 77.0 Å². The summed E-state index contributed by atoms with van der Waals surface area (Å²) in [6.07, 6.45) is 10.1. The Hall–Kier alpha value is -0.820. The molecule has 0 aromatic heterocycles. The molecule has 0 atom stereocenters. The minimum Gasteiger partial charge on any atom is -0.303 e. The predicted molar refractivity (Wildman–Crippen MR) is 100 cm³/mol. The zero-order valence-electron chi connectivity index (χ0n) is 15.5. The fourth-order valence-electron chi connectivity index (χ4n) is 4.44. The Morgan fingerprint density at radius 1 is 0.870 bits per heavy atom. The third-order valence-electron chi connectivity index (χ3n) is 6.08. The lowest BCUT2D eigenvalue weighted by molar-refractivity contribution is 0.164. The molecular formula is C22H35N. The van der Waals surface area contributed by atoms with Crippen LogP contribution in [0.4, 0.5) is 0 Å². The minimum atomic E-state index is 0.266. The van der Waals surface area contributed by atoms with Crippen LogP contribution in [0.1, 0.15) is 82.8 Å². The summed E-state index contributed by atoms with van der Waals surface area (Å²) in [6.45, 7) is 10.9. The molecule has 1 saturated carbocycles. The zero-order chi connectivity index (χ0) is 16.3. The normalized spacial score (nSPS) is 22.4. The lowest BCUT2D eigenvalue weighted by Gasteiger charge is -2.35. The van der Waals surface area contributed by atoms with Crippen molar-refractivity contribution in [1.29, 1.82) is 0 Å². The van der Waals surface area contributed by atoms with Gasteiger partial charge in [0.15, 0.2) is 0 Å². The molecule has 128 valence electrons. The number of piperidine rings is 1. The molecule has 1 saturated heterocycles. The average Bonchev–Trinajstić information content (AvgIpc) is 2.56. The number of rotatable bonds is 3. The number of hydrogen-bond donors (Lipinski definition) is 0. The Bertz CT molecular complexity index is 468. The predicted octanol–water partition coefficient (Wildman–Crippen LogP) is 5.74. The molecule has 1 aromatic rings. The van der Waals surface area contributed by atoms with Gasteiger partial charge in [-0.05, 0) is 67.2 Å². The van der Waals surface area contributed by atoms with E-state index in [1.807, 2.05) is 0 Å². The van der Waals surface area contributed by atoms with Gasteiger partial charge in [0.2, 0.25) is 0 Å². The fourth-order valence-corrected chi connectivity index (χ4v) is 4.44. The van der Waals surface area contributed by atoms with E-state index >= 15 is 0 Å². The highest BCUT2D eigenvalue weighted by atomic mass is 15.1. The van der Waals surface area contributed by atoms with Gasteiger partial charge in [-0.3, -0.25) is 0 Å². The SMILES string of the molecule is CC(C)(C)c1ccc(C2CCN(CC3CCCCC3)CC2)cc1. The fraction of sp³-hybridized carbons (Fsp3) is 0.727. The minimum absolute atomic E-state index is 0.266. The molecule has 1 aliphatic heterocycles. The first-order valence-electron chi connectivity index (χ1n) is 9.85. The summed E-state index contributed by atoms with van der Waals surface area (Å²) in [6, 6.07) is 9.48. The maximum atomic E-state index is 2.75. The number of benzene rings is 1. The van der Waals surface area contributed by atoms with Crippen molar-refractivity contribution in [3.8, 4) is 0 Å². The monoisotopic (exact) mass is 313 g/mol. The van der Waals surface area contributed by atoms with Crippen molar-refractivity contribution in [2.24, 2.45) is 5.92 Å². The maximum absolute atomic E-state index is 2.75. The summed E-state index contributed by atoms with van der Waals surface area (Å²) in [7, 11) is 0. The van der Waals surface area contributed by atoms with E-state index in [4.69, 9.17) is 0 Å². The van der Waals surface area contributed by atoms with Crippen LogP contribution in [-0.4, -0.2) is 24.5 Å². The van der Waals surface area contributed by atoms with Crippen LogP contribution < -0.4 is 0 Å². The van der Waals surface area contributed by atoms with Gasteiger partial charge in [0.1, 0.15) is 0 Å². The molecule has 23 heavy (non-hydrogen) atoms. The van der Waals surface area contributed by atoms with Crippen LogP contribution in [0.25, 0.3) is 0 Å². The smallest absolute Gasteiger partial charge is 0.000966 e. The van der Waals surface area contributed by atoms with Crippen LogP contribution in [-0.2, 0) is 5.41 Å². The summed E-state index contributed by atoms with van der Waals surface area (Å²) in [4.78, 5) is 2.75. The topological polar surface area (TPSA) is 3.24 Å². The Morgan fingerprint density at radius 2 is 1.48 bits per heavy atom. The summed E-state index contributed by atoms with van der Waals surface area (Å²) < 4.78 is 0. The van der Waals surface area contributed by atoms with Crippen LogP contribution in [0.2, 0.25) is 0 Å². The zero-order valence-corrected chi connectivity index (χ0v) is 15.5. The second kappa shape index (κ2) is 7.38. The second-order valence-corrected chi connectivity index (χ2v) is 8.95. The molecule has 0 unspecified atom stereocenters. The molecule has 3 rings (SSSR count). The quantitative estimate of drug-likeness (QED) is 0.687. The van der Waals surface area contributed by atoms with Crippen molar-refractivity contribution in [2.75, 3.05) is 19.6 Å². The van der Waals surface area contributed by atoms with E-state index in [0.29, 0.717) is 0 Å². The van der Waals surface area contributed by atoms with Gasteiger partial charge in [0.25, 0.3) is 0 Å². The Morgan fingerprint density at radius 3 is 2.04 bits per heavy atom. The largest absolute Gasteiger partial charge is 0.303 e. The van der Waals surface area contributed by atoms with E-state index in [2.05, 4.69) is 49.9 Å². The molecule has 0 radical (unpaired) electrons. The van der Waals surface area contributed by atoms with Crippen molar-refractivity contribution in [3.05, 3.63) is 35.4 Å². The van der Waals surface area contributed by atoms with Gasteiger partial charge >= 0.3 is 0 Å². The van der Waals surface area contributed by atoms with E-state index in [-0.39, 0.29) is 5.41 Å². The highest BCUT2D eigenvalue weighted by Crippen LogP contribution is 2.32.